The van der Waals surface area contributed by atoms with Gasteiger partial charge in [0.2, 0.25) is 0 Å². The predicted molar refractivity (Wildman–Crippen MR) is 105 cm³/mol. The summed E-state index contributed by atoms with van der Waals surface area (Å²) in [6.07, 6.45) is 3.25. The van der Waals surface area contributed by atoms with Crippen molar-refractivity contribution in [3.8, 4) is 0 Å². The number of nitrogens with one attached hydrogen (secondary N) is 1. The van der Waals surface area contributed by atoms with Crippen LogP contribution in [0.5, 0.6) is 0 Å². The summed E-state index contributed by atoms with van der Waals surface area (Å²) in [7, 11) is 3.54. The minimum absolute atomic E-state index is 0.102. The molecule has 27 heavy (non-hydrogen) atoms. The van der Waals surface area contributed by atoms with Crippen LogP contribution < -0.4 is 5.32 Å². The molecule has 0 radical (unpaired) electrons. The topological polar surface area (TPSA) is 67.2 Å². The van der Waals surface area contributed by atoms with Crippen molar-refractivity contribution < 1.29 is 9.59 Å². The Bertz CT molecular complexity index is 950. The van der Waals surface area contributed by atoms with Gasteiger partial charge < -0.3 is 10.2 Å². The number of hydrogen-bond acceptors (Lipinski definition) is 3. The lowest BCUT2D eigenvalue weighted by atomic mass is 10.1. The van der Waals surface area contributed by atoms with Crippen LogP contribution in [0.3, 0.4) is 0 Å². The molecule has 1 atom stereocenters. The Balaban J connectivity index is 1.74. The van der Waals surface area contributed by atoms with Crippen LogP contribution in [0.1, 0.15) is 39.2 Å². The molecule has 0 saturated carbocycles. The second kappa shape index (κ2) is 7.86. The van der Waals surface area contributed by atoms with Gasteiger partial charge in [-0.3, -0.25) is 14.3 Å². The molecule has 1 N–H and O–H groups in total. The molecular weight excluding hydrogens is 340 g/mol. The summed E-state index contributed by atoms with van der Waals surface area (Å²) in [5, 5.41) is 6.95. The number of aromatic nitrogens is 2. The van der Waals surface area contributed by atoms with Gasteiger partial charge in [-0.15, -0.1) is 0 Å². The van der Waals surface area contributed by atoms with Crippen molar-refractivity contribution >= 4 is 17.5 Å². The van der Waals surface area contributed by atoms with E-state index in [0.29, 0.717) is 16.8 Å². The highest BCUT2D eigenvalue weighted by molar-refractivity contribution is 6.04. The summed E-state index contributed by atoms with van der Waals surface area (Å²) in [5.41, 5.74) is 2.76. The number of benzene rings is 2. The Morgan fingerprint density at radius 3 is 2.48 bits per heavy atom. The lowest BCUT2D eigenvalue weighted by molar-refractivity contribution is 0.0742. The molecule has 0 bridgehead atoms. The number of hydrogen-bond donors (Lipinski definition) is 1. The van der Waals surface area contributed by atoms with E-state index in [0.717, 1.165) is 5.56 Å². The van der Waals surface area contributed by atoms with Gasteiger partial charge in [-0.1, -0.05) is 30.3 Å². The third kappa shape index (κ3) is 4.23. The van der Waals surface area contributed by atoms with Crippen molar-refractivity contribution in [2.75, 3.05) is 12.4 Å². The van der Waals surface area contributed by atoms with E-state index >= 15 is 0 Å². The SMILES string of the molecule is C[C@@H](c1cccc(NC(=O)c2ccccc2)c1)N(C)C(=O)c1cnn(C)c1. The molecule has 1 aromatic heterocycles. The molecule has 0 unspecified atom stereocenters. The van der Waals surface area contributed by atoms with E-state index in [2.05, 4.69) is 10.4 Å². The van der Waals surface area contributed by atoms with Crippen molar-refractivity contribution in [3.05, 3.63) is 83.7 Å². The Morgan fingerprint density at radius 2 is 1.81 bits per heavy atom. The standard InChI is InChI=1S/C21H22N4O2/c1-15(25(3)21(27)18-13-22-24(2)14-18)17-10-7-11-19(12-17)23-20(26)16-8-5-4-6-9-16/h4-15H,1-3H3,(H,23,26)/t15-/m0/s1. The Kier molecular flexibility index (Phi) is 5.35. The molecule has 0 aliphatic carbocycles. The lowest BCUT2D eigenvalue weighted by Gasteiger charge is -2.25. The molecule has 2 amide bonds. The smallest absolute Gasteiger partial charge is 0.257 e. The first-order valence-corrected chi connectivity index (χ1v) is 8.68. The summed E-state index contributed by atoms with van der Waals surface area (Å²) in [4.78, 5) is 26.6. The predicted octanol–water partition coefficient (Wildman–Crippen LogP) is 3.51. The molecule has 1 heterocycles. The van der Waals surface area contributed by atoms with Gasteiger partial charge in [0.15, 0.2) is 0 Å². The zero-order valence-corrected chi connectivity index (χ0v) is 15.6. The maximum Gasteiger partial charge on any atom is 0.257 e. The van der Waals surface area contributed by atoms with E-state index in [1.807, 2.05) is 49.4 Å². The van der Waals surface area contributed by atoms with Crippen LogP contribution in [-0.2, 0) is 7.05 Å². The van der Waals surface area contributed by atoms with Crippen molar-refractivity contribution in [1.82, 2.24) is 14.7 Å². The zero-order valence-electron chi connectivity index (χ0n) is 15.6. The summed E-state index contributed by atoms with van der Waals surface area (Å²) >= 11 is 0. The summed E-state index contributed by atoms with van der Waals surface area (Å²) < 4.78 is 1.60. The van der Waals surface area contributed by atoms with Crippen molar-refractivity contribution in [1.29, 1.82) is 0 Å². The van der Waals surface area contributed by atoms with Gasteiger partial charge in [0.25, 0.3) is 11.8 Å². The molecule has 0 aliphatic heterocycles. The second-order valence-electron chi connectivity index (χ2n) is 6.44. The largest absolute Gasteiger partial charge is 0.335 e. The fraction of sp³-hybridized carbons (Fsp3) is 0.190. The first kappa shape index (κ1) is 18.4. The Hall–Kier alpha value is -3.41. The first-order valence-electron chi connectivity index (χ1n) is 8.68. The molecule has 6 heteroatoms. The van der Waals surface area contributed by atoms with Crippen LogP contribution in [0.4, 0.5) is 5.69 Å². The number of amides is 2. The van der Waals surface area contributed by atoms with Gasteiger partial charge in [-0.2, -0.15) is 5.10 Å². The van der Waals surface area contributed by atoms with E-state index in [-0.39, 0.29) is 17.9 Å². The highest BCUT2D eigenvalue weighted by Gasteiger charge is 2.20. The van der Waals surface area contributed by atoms with Gasteiger partial charge in [-0.25, -0.2) is 0 Å². The lowest BCUT2D eigenvalue weighted by Crippen LogP contribution is -2.29. The van der Waals surface area contributed by atoms with Crippen molar-refractivity contribution in [2.24, 2.45) is 7.05 Å². The third-order valence-corrected chi connectivity index (χ3v) is 4.52. The number of carbonyl (C=O) groups excluding carboxylic acids is 2. The van der Waals surface area contributed by atoms with Gasteiger partial charge in [0.05, 0.1) is 17.8 Å². The summed E-state index contributed by atoms with van der Waals surface area (Å²) in [6, 6.07) is 16.4. The van der Waals surface area contributed by atoms with Crippen LogP contribution in [0.25, 0.3) is 0 Å². The average molecular weight is 362 g/mol. The number of anilines is 1. The highest BCUT2D eigenvalue weighted by Crippen LogP contribution is 2.23. The van der Waals surface area contributed by atoms with Crippen molar-refractivity contribution in [2.45, 2.75) is 13.0 Å². The van der Waals surface area contributed by atoms with E-state index in [9.17, 15) is 9.59 Å². The molecule has 0 fully saturated rings. The molecule has 6 nitrogen and oxygen atoms in total. The van der Waals surface area contributed by atoms with E-state index < -0.39 is 0 Å². The number of aryl methyl sites for hydroxylation is 1. The maximum atomic E-state index is 12.6. The van der Waals surface area contributed by atoms with Crippen LogP contribution in [-0.4, -0.2) is 33.5 Å². The van der Waals surface area contributed by atoms with Crippen molar-refractivity contribution in [3.63, 3.8) is 0 Å². The first-order chi connectivity index (χ1) is 13.0. The van der Waals surface area contributed by atoms with Crippen LogP contribution in [0.15, 0.2) is 67.0 Å². The third-order valence-electron chi connectivity index (χ3n) is 4.52. The molecule has 3 aromatic rings. The van der Waals surface area contributed by atoms with E-state index in [4.69, 9.17) is 0 Å². The number of nitrogens with zero attached hydrogens (tertiary/aromatic N) is 3. The van der Waals surface area contributed by atoms with Crippen LogP contribution in [0.2, 0.25) is 0 Å². The summed E-state index contributed by atoms with van der Waals surface area (Å²) in [5.74, 6) is -0.269. The minimum atomic E-state index is -0.166. The molecule has 0 spiro atoms. The van der Waals surface area contributed by atoms with Gasteiger partial charge in [0.1, 0.15) is 0 Å². The van der Waals surface area contributed by atoms with Gasteiger partial charge in [0, 0.05) is 31.5 Å². The Morgan fingerprint density at radius 1 is 1.07 bits per heavy atom. The zero-order chi connectivity index (χ0) is 19.4. The summed E-state index contributed by atoms with van der Waals surface area (Å²) in [6.45, 7) is 1.95. The number of rotatable bonds is 5. The molecule has 2 aromatic carbocycles. The van der Waals surface area contributed by atoms with Gasteiger partial charge >= 0.3 is 0 Å². The molecule has 3 rings (SSSR count). The fourth-order valence-corrected chi connectivity index (χ4v) is 2.80. The van der Waals surface area contributed by atoms with E-state index in [1.54, 1.807) is 48.2 Å². The van der Waals surface area contributed by atoms with Crippen LogP contribution in [0, 0.1) is 0 Å². The highest BCUT2D eigenvalue weighted by atomic mass is 16.2. The molecular formula is C21H22N4O2. The quantitative estimate of drug-likeness (QED) is 0.755. The molecule has 138 valence electrons. The second-order valence-corrected chi connectivity index (χ2v) is 6.44. The molecule has 0 saturated heterocycles. The number of carbonyl (C=O) groups is 2. The monoisotopic (exact) mass is 362 g/mol. The molecule has 0 aliphatic rings. The fourth-order valence-electron chi connectivity index (χ4n) is 2.80. The van der Waals surface area contributed by atoms with Crippen LogP contribution >= 0.6 is 0 Å². The Labute approximate surface area is 158 Å². The normalized spacial score (nSPS) is 11.7. The maximum absolute atomic E-state index is 12.6. The average Bonchev–Trinajstić information content (AvgIpc) is 3.13. The van der Waals surface area contributed by atoms with Gasteiger partial charge in [-0.05, 0) is 36.8 Å². The van der Waals surface area contributed by atoms with E-state index in [1.165, 1.54) is 0 Å². The minimum Gasteiger partial charge on any atom is -0.335 e.